The van der Waals surface area contributed by atoms with Crippen molar-refractivity contribution in [2.75, 3.05) is 32.9 Å². The number of halogens is 2. The van der Waals surface area contributed by atoms with Crippen LogP contribution in [-0.4, -0.2) is 47.9 Å². The second kappa shape index (κ2) is 10.7. The summed E-state index contributed by atoms with van der Waals surface area (Å²) in [7, 11) is 4.59. The lowest BCUT2D eigenvalue weighted by Crippen LogP contribution is -2.25. The number of aromatic nitrogens is 3. The van der Waals surface area contributed by atoms with Gasteiger partial charge in [-0.25, -0.2) is 4.68 Å². The molecule has 1 heterocycles. The third-order valence-corrected chi connectivity index (χ3v) is 5.87. The van der Waals surface area contributed by atoms with Crippen molar-refractivity contribution in [1.82, 2.24) is 20.2 Å². The summed E-state index contributed by atoms with van der Waals surface area (Å²) < 4.78 is 17.2. The highest BCUT2D eigenvalue weighted by atomic mass is 35.5. The van der Waals surface area contributed by atoms with Crippen LogP contribution in [0, 0.1) is 0 Å². The van der Waals surface area contributed by atoms with Gasteiger partial charge < -0.3 is 25.4 Å². The molecule has 0 aliphatic carbocycles. The quantitative estimate of drug-likeness (QED) is 0.341. The highest BCUT2D eigenvalue weighted by molar-refractivity contribution is 7.99. The van der Waals surface area contributed by atoms with Gasteiger partial charge in [0.15, 0.2) is 17.3 Å². The number of hydrogen-bond acceptors (Lipinski definition) is 8. The first kappa shape index (κ1) is 23.8. The molecule has 0 radical (unpaired) electrons. The van der Waals surface area contributed by atoms with Crippen molar-refractivity contribution in [3.05, 3.63) is 45.9 Å². The highest BCUT2D eigenvalue weighted by Crippen LogP contribution is 2.38. The number of carbonyl (C=O) groups excluding carboxylic acids is 1. The smallest absolute Gasteiger partial charge is 0.230 e. The molecule has 0 aliphatic heterocycles. The van der Waals surface area contributed by atoms with E-state index in [1.807, 2.05) is 0 Å². The molecule has 1 amide bonds. The maximum Gasteiger partial charge on any atom is 0.230 e. The predicted octanol–water partition coefficient (Wildman–Crippen LogP) is 3.40. The van der Waals surface area contributed by atoms with Crippen molar-refractivity contribution in [2.24, 2.45) is 0 Å². The first-order valence-electron chi connectivity index (χ1n) is 9.22. The van der Waals surface area contributed by atoms with Crippen molar-refractivity contribution in [3.63, 3.8) is 0 Å². The van der Waals surface area contributed by atoms with Crippen LogP contribution < -0.4 is 25.4 Å². The van der Waals surface area contributed by atoms with Gasteiger partial charge in [-0.1, -0.05) is 35.0 Å². The monoisotopic (exact) mass is 497 g/mol. The van der Waals surface area contributed by atoms with Gasteiger partial charge >= 0.3 is 0 Å². The van der Waals surface area contributed by atoms with Gasteiger partial charge in [-0.15, -0.1) is 10.2 Å². The van der Waals surface area contributed by atoms with Crippen LogP contribution in [0.15, 0.2) is 35.5 Å². The molecule has 32 heavy (non-hydrogen) atoms. The lowest BCUT2D eigenvalue weighted by molar-refractivity contribution is -0.118. The Morgan fingerprint density at radius 3 is 2.38 bits per heavy atom. The molecule has 170 valence electrons. The van der Waals surface area contributed by atoms with Crippen molar-refractivity contribution < 1.29 is 19.0 Å². The summed E-state index contributed by atoms with van der Waals surface area (Å²) in [6.07, 6.45) is 0. The Bertz CT molecular complexity index is 1100. The van der Waals surface area contributed by atoms with Crippen LogP contribution >= 0.6 is 35.0 Å². The van der Waals surface area contributed by atoms with E-state index in [0.29, 0.717) is 43.8 Å². The third-order valence-electron chi connectivity index (χ3n) is 4.38. The Labute approximate surface area is 199 Å². The number of amides is 1. The average Bonchev–Trinajstić information content (AvgIpc) is 3.15. The Kier molecular flexibility index (Phi) is 7.94. The summed E-state index contributed by atoms with van der Waals surface area (Å²) in [6, 6.07) is 8.52. The number of rotatable bonds is 9. The lowest BCUT2D eigenvalue weighted by atomic mass is 10.2. The van der Waals surface area contributed by atoms with Crippen molar-refractivity contribution in [3.8, 4) is 28.6 Å². The summed E-state index contributed by atoms with van der Waals surface area (Å²) in [6.45, 7) is 0.275. The van der Waals surface area contributed by atoms with Crippen LogP contribution in [0.3, 0.4) is 0 Å². The average molecular weight is 498 g/mol. The zero-order valence-corrected chi connectivity index (χ0v) is 19.8. The van der Waals surface area contributed by atoms with Crippen LogP contribution in [0.4, 0.5) is 0 Å². The van der Waals surface area contributed by atoms with Crippen LogP contribution in [0.1, 0.15) is 5.56 Å². The van der Waals surface area contributed by atoms with E-state index >= 15 is 0 Å². The number of ether oxygens (including phenoxy) is 3. The topological polar surface area (TPSA) is 114 Å². The minimum atomic E-state index is -0.210. The lowest BCUT2D eigenvalue weighted by Gasteiger charge is -2.14. The van der Waals surface area contributed by atoms with E-state index in [-0.39, 0.29) is 18.2 Å². The SMILES string of the molecule is COc1cc(CNC(=O)CSc2nnc(-c3ccc(Cl)cc3Cl)n2N)cc(OC)c1OC. The van der Waals surface area contributed by atoms with Gasteiger partial charge in [0.2, 0.25) is 16.8 Å². The normalized spacial score (nSPS) is 10.7. The number of benzene rings is 2. The van der Waals surface area contributed by atoms with E-state index in [1.165, 1.54) is 26.0 Å². The molecule has 0 saturated heterocycles. The fourth-order valence-electron chi connectivity index (χ4n) is 2.85. The zero-order chi connectivity index (χ0) is 23.3. The molecular weight excluding hydrogens is 477 g/mol. The van der Waals surface area contributed by atoms with Crippen LogP contribution in [0.5, 0.6) is 17.2 Å². The Morgan fingerprint density at radius 1 is 1.09 bits per heavy atom. The standard InChI is InChI=1S/C20H21Cl2N5O4S/c1-29-15-6-11(7-16(30-2)18(15)31-3)9-24-17(28)10-32-20-26-25-19(27(20)23)13-5-4-12(21)8-14(13)22/h4-8H,9-10,23H2,1-3H3,(H,24,28). The maximum absolute atomic E-state index is 12.3. The fourth-order valence-corrected chi connectivity index (χ4v) is 4.03. The molecule has 0 atom stereocenters. The summed E-state index contributed by atoms with van der Waals surface area (Å²) in [4.78, 5) is 12.3. The summed E-state index contributed by atoms with van der Waals surface area (Å²) in [5.74, 6) is 7.85. The first-order chi connectivity index (χ1) is 15.4. The minimum Gasteiger partial charge on any atom is -0.493 e. The Hall–Kier alpha value is -2.82. The van der Waals surface area contributed by atoms with E-state index in [1.54, 1.807) is 30.3 Å². The van der Waals surface area contributed by atoms with Crippen molar-refractivity contribution >= 4 is 40.9 Å². The molecule has 3 N–H and O–H groups in total. The van der Waals surface area contributed by atoms with E-state index in [2.05, 4.69) is 15.5 Å². The highest BCUT2D eigenvalue weighted by Gasteiger charge is 2.17. The second-order valence-electron chi connectivity index (χ2n) is 6.40. The van der Waals surface area contributed by atoms with E-state index < -0.39 is 0 Å². The molecule has 0 saturated carbocycles. The van der Waals surface area contributed by atoms with Gasteiger partial charge in [0, 0.05) is 17.1 Å². The number of nitrogen functional groups attached to an aromatic ring is 1. The molecule has 0 fully saturated rings. The minimum absolute atomic E-state index is 0.0914. The van der Waals surface area contributed by atoms with E-state index in [0.717, 1.165) is 17.3 Å². The molecule has 0 spiro atoms. The number of nitrogens with one attached hydrogen (secondary N) is 1. The van der Waals surface area contributed by atoms with Crippen LogP contribution in [-0.2, 0) is 11.3 Å². The van der Waals surface area contributed by atoms with Gasteiger partial charge in [-0.3, -0.25) is 4.79 Å². The summed E-state index contributed by atoms with van der Waals surface area (Å²) >= 11 is 13.3. The van der Waals surface area contributed by atoms with E-state index in [4.69, 9.17) is 43.3 Å². The first-order valence-corrected chi connectivity index (χ1v) is 11.0. The zero-order valence-electron chi connectivity index (χ0n) is 17.5. The Balaban J connectivity index is 1.62. The fraction of sp³-hybridized carbons (Fsp3) is 0.250. The molecule has 0 aliphatic rings. The number of nitrogens with zero attached hydrogens (tertiary/aromatic N) is 3. The summed E-state index contributed by atoms with van der Waals surface area (Å²) in [5, 5.41) is 12.2. The molecule has 9 nitrogen and oxygen atoms in total. The number of thioether (sulfide) groups is 1. The molecule has 12 heteroatoms. The van der Waals surface area contributed by atoms with Crippen molar-refractivity contribution in [2.45, 2.75) is 11.7 Å². The van der Waals surface area contributed by atoms with Gasteiger partial charge in [-0.05, 0) is 35.9 Å². The van der Waals surface area contributed by atoms with E-state index in [9.17, 15) is 4.79 Å². The van der Waals surface area contributed by atoms with Gasteiger partial charge in [0.25, 0.3) is 0 Å². The maximum atomic E-state index is 12.3. The second-order valence-corrected chi connectivity index (χ2v) is 8.19. The summed E-state index contributed by atoms with van der Waals surface area (Å²) in [5.41, 5.74) is 1.38. The largest absolute Gasteiger partial charge is 0.493 e. The van der Waals surface area contributed by atoms with Crippen molar-refractivity contribution in [1.29, 1.82) is 0 Å². The molecule has 1 aromatic heterocycles. The number of hydrogen-bond donors (Lipinski definition) is 2. The van der Waals surface area contributed by atoms with Gasteiger partial charge in [0.1, 0.15) is 0 Å². The molecule has 3 rings (SSSR count). The molecule has 2 aromatic carbocycles. The molecular formula is C20H21Cl2N5O4S. The number of methoxy groups -OCH3 is 3. The number of nitrogens with two attached hydrogens (primary N) is 1. The number of carbonyl (C=O) groups is 1. The molecule has 0 bridgehead atoms. The van der Waals surface area contributed by atoms with Gasteiger partial charge in [-0.2, -0.15) is 0 Å². The third kappa shape index (κ3) is 5.32. The van der Waals surface area contributed by atoms with Crippen LogP contribution in [0.2, 0.25) is 10.0 Å². The van der Waals surface area contributed by atoms with Gasteiger partial charge in [0.05, 0.1) is 32.1 Å². The Morgan fingerprint density at radius 2 is 1.78 bits per heavy atom. The van der Waals surface area contributed by atoms with Crippen LogP contribution in [0.25, 0.3) is 11.4 Å². The predicted molar refractivity (Wildman–Crippen MR) is 124 cm³/mol. The molecule has 3 aromatic rings. The molecule has 0 unspecified atom stereocenters.